The minimum atomic E-state index is -0.934. The van der Waals surface area contributed by atoms with E-state index >= 15 is 0 Å². The van der Waals surface area contributed by atoms with E-state index in [-0.39, 0.29) is 62.8 Å². The van der Waals surface area contributed by atoms with E-state index < -0.39 is 29.5 Å². The lowest BCUT2D eigenvalue weighted by Gasteiger charge is -2.35. The third-order valence-electron chi connectivity index (χ3n) is 12.6. The lowest BCUT2D eigenvalue weighted by atomic mass is 9.85. The second-order valence-corrected chi connectivity index (χ2v) is 20.3. The molecule has 18 heteroatoms. The van der Waals surface area contributed by atoms with Crippen LogP contribution >= 0.6 is 11.3 Å². The number of thiazole rings is 1. The molecule has 5 amide bonds. The Labute approximate surface area is 448 Å². The summed E-state index contributed by atoms with van der Waals surface area (Å²) in [5, 5.41) is 28.9. The molecule has 3 atom stereocenters. The van der Waals surface area contributed by atoms with Gasteiger partial charge in [0.2, 0.25) is 17.7 Å². The maximum atomic E-state index is 14.0. The summed E-state index contributed by atoms with van der Waals surface area (Å²) in [6, 6.07) is 29.2. The van der Waals surface area contributed by atoms with Crippen LogP contribution in [0.2, 0.25) is 0 Å². The van der Waals surface area contributed by atoms with E-state index in [9.17, 15) is 29.1 Å². The van der Waals surface area contributed by atoms with Gasteiger partial charge >= 0.3 is 0 Å². The number of β-amino-alcohol motifs (C(OH)–C–C–N with tert-alkyl or cyclic N) is 1. The van der Waals surface area contributed by atoms with Crippen molar-refractivity contribution < 1.29 is 43.3 Å². The molecule has 7 N–H and O–H groups in total. The Morgan fingerprint density at radius 1 is 0.868 bits per heavy atom. The molecule has 0 bridgehead atoms. The number of rotatable bonds is 24. The fourth-order valence-electron chi connectivity index (χ4n) is 8.66. The summed E-state index contributed by atoms with van der Waals surface area (Å²) >= 11 is 1.57. The van der Waals surface area contributed by atoms with Crippen molar-refractivity contribution in [1.29, 1.82) is 0 Å². The van der Waals surface area contributed by atoms with E-state index in [1.807, 2.05) is 125 Å². The van der Waals surface area contributed by atoms with Crippen LogP contribution in [0.4, 0.5) is 11.4 Å². The quantitative estimate of drug-likeness (QED) is 0.0219. The number of anilines is 2. The highest BCUT2D eigenvalue weighted by Crippen LogP contribution is 2.38. The van der Waals surface area contributed by atoms with Gasteiger partial charge in [0.25, 0.3) is 11.8 Å². The molecule has 400 valence electrons. The molecular formula is C58H68N8O9S. The Morgan fingerprint density at radius 3 is 2.24 bits per heavy atom. The predicted octanol–water partition coefficient (Wildman–Crippen LogP) is 5.88. The molecule has 0 spiro atoms. The van der Waals surface area contributed by atoms with Crippen molar-refractivity contribution in [2.45, 2.75) is 78.7 Å². The lowest BCUT2D eigenvalue weighted by Crippen LogP contribution is -2.57. The molecule has 0 aliphatic carbocycles. The Bertz CT molecular complexity index is 2890. The van der Waals surface area contributed by atoms with Crippen LogP contribution < -0.4 is 31.9 Å². The Balaban J connectivity index is 0.762. The highest BCUT2D eigenvalue weighted by Gasteiger charge is 2.44. The predicted molar refractivity (Wildman–Crippen MR) is 294 cm³/mol. The first kappa shape index (κ1) is 56.5. The first-order valence-corrected chi connectivity index (χ1v) is 26.5. The number of ether oxygens (including phenoxy) is 3. The molecule has 0 radical (unpaired) electrons. The van der Waals surface area contributed by atoms with Gasteiger partial charge in [-0.1, -0.05) is 99.5 Å². The molecule has 2 aliphatic rings. The minimum absolute atomic E-state index is 0.00882. The monoisotopic (exact) mass is 1050 g/mol. The van der Waals surface area contributed by atoms with Gasteiger partial charge in [0, 0.05) is 68.3 Å². The first-order valence-electron chi connectivity index (χ1n) is 25.6. The number of hydrogen-bond acceptors (Lipinski definition) is 13. The fourth-order valence-corrected chi connectivity index (χ4v) is 9.48. The van der Waals surface area contributed by atoms with E-state index in [2.05, 4.69) is 48.7 Å². The summed E-state index contributed by atoms with van der Waals surface area (Å²) in [5.41, 5.74) is 9.92. The maximum absolute atomic E-state index is 14.0. The standard InChI is InChI=1S/C58H68N8O9S/c1-6-60-49(68)23-17-39-16-22-46-47(32-39)64-56(71)51(46)52(42-10-8-7-9-11-42)63-44-20-14-40(15-21-44)34-59-25-27-74-29-31-75-30-28-73-26-24-50(69)65-54(58(3,4)5)57(72)66-36-45(67)33-48(66)55(70)61-35-41-12-18-43(19-13-41)53-38(2)62-37-76-53/h7-16,18-22,32,37,45,48,54,59,63,67H,6,24-31,33-36H2,1-5H3,(H,60,68)(H,61,70)(H,64,71)(H,65,69)/b52-51-/t45?,48-,54+/m0/s1. The molecule has 3 heterocycles. The van der Waals surface area contributed by atoms with Crippen LogP contribution in [0.15, 0.2) is 103 Å². The van der Waals surface area contributed by atoms with Gasteiger partial charge < -0.3 is 56.1 Å². The van der Waals surface area contributed by atoms with Crippen LogP contribution in [0.5, 0.6) is 0 Å². The van der Waals surface area contributed by atoms with Crippen molar-refractivity contribution in [2.75, 3.05) is 69.9 Å². The van der Waals surface area contributed by atoms with Crippen molar-refractivity contribution in [1.82, 2.24) is 31.2 Å². The van der Waals surface area contributed by atoms with Crippen LogP contribution in [0.3, 0.4) is 0 Å². The number of nitrogens with zero attached hydrogens (tertiary/aromatic N) is 2. The molecule has 1 aromatic heterocycles. The zero-order valence-corrected chi connectivity index (χ0v) is 44.6. The van der Waals surface area contributed by atoms with Crippen LogP contribution in [0.1, 0.15) is 74.0 Å². The van der Waals surface area contributed by atoms with Crippen LogP contribution in [0, 0.1) is 24.2 Å². The number of aromatic nitrogens is 1. The number of carbonyl (C=O) groups is 5. The summed E-state index contributed by atoms with van der Waals surface area (Å²) in [6.07, 6.45) is -0.742. The van der Waals surface area contributed by atoms with E-state index in [4.69, 9.17) is 14.2 Å². The van der Waals surface area contributed by atoms with Gasteiger partial charge in [-0.15, -0.1) is 11.3 Å². The van der Waals surface area contributed by atoms with E-state index in [0.29, 0.717) is 68.6 Å². The first-order chi connectivity index (χ1) is 36.7. The average Bonchev–Trinajstić information content (AvgIpc) is 4.13. The number of benzene rings is 4. The van der Waals surface area contributed by atoms with Crippen molar-refractivity contribution in [3.8, 4) is 22.3 Å². The average molecular weight is 1050 g/mol. The third kappa shape index (κ3) is 15.9. The normalized spacial score (nSPS) is 16.0. The zero-order valence-electron chi connectivity index (χ0n) is 43.8. The smallest absolute Gasteiger partial charge is 0.296 e. The Morgan fingerprint density at radius 2 is 1.55 bits per heavy atom. The van der Waals surface area contributed by atoms with Gasteiger partial charge in [-0.2, -0.15) is 0 Å². The number of fused-ring (bicyclic) bond motifs is 1. The SMILES string of the molecule is CCNC(=O)C#Cc1ccc2c(c1)NC(=O)/C2=C(\Nc1ccc(CNCCOCCOCCOCCC(=O)N[C@H](C(=O)N2CC(O)C[C@H]2C(=O)NCc2ccc(-c3scnc3C)cc2)C(C)(C)C)cc1)c1ccccc1. The van der Waals surface area contributed by atoms with Gasteiger partial charge in [0.1, 0.15) is 12.1 Å². The van der Waals surface area contributed by atoms with E-state index in [0.717, 1.165) is 44.1 Å². The Kier molecular flexibility index (Phi) is 20.5. The number of aliphatic hydroxyl groups excluding tert-OH is 1. The van der Waals surface area contributed by atoms with Crippen LogP contribution in [-0.4, -0.2) is 122 Å². The van der Waals surface area contributed by atoms with Crippen LogP contribution in [-0.2, 0) is 51.3 Å². The van der Waals surface area contributed by atoms with Gasteiger partial charge in [-0.3, -0.25) is 24.0 Å². The highest BCUT2D eigenvalue weighted by molar-refractivity contribution is 7.13. The number of nitrogens with one attached hydrogen (secondary N) is 6. The van der Waals surface area contributed by atoms with Crippen molar-refractivity contribution in [3.05, 3.63) is 136 Å². The summed E-state index contributed by atoms with van der Waals surface area (Å²) in [5.74, 6) is 3.69. The maximum Gasteiger partial charge on any atom is 0.296 e. The third-order valence-corrected chi connectivity index (χ3v) is 13.6. The number of amides is 5. The molecule has 1 saturated heterocycles. The van der Waals surface area contributed by atoms with E-state index in [1.165, 1.54) is 4.90 Å². The van der Waals surface area contributed by atoms with Gasteiger partial charge in [0.05, 0.1) is 78.8 Å². The van der Waals surface area contributed by atoms with Crippen molar-refractivity contribution >= 4 is 63.5 Å². The molecule has 5 aromatic rings. The topological polar surface area (TPSA) is 222 Å². The molecule has 1 unspecified atom stereocenters. The zero-order chi connectivity index (χ0) is 54.0. The second-order valence-electron chi connectivity index (χ2n) is 19.5. The molecule has 0 saturated carbocycles. The minimum Gasteiger partial charge on any atom is -0.391 e. The summed E-state index contributed by atoms with van der Waals surface area (Å²) in [6.45, 7) is 13.3. The largest absolute Gasteiger partial charge is 0.391 e. The molecule has 17 nitrogen and oxygen atoms in total. The van der Waals surface area contributed by atoms with E-state index in [1.54, 1.807) is 23.5 Å². The Hall–Kier alpha value is -7.24. The number of likely N-dealkylation sites (tertiary alicyclic amines) is 1. The number of carbonyl (C=O) groups excluding carboxylic acids is 5. The molecule has 7 rings (SSSR count). The molecule has 1 fully saturated rings. The van der Waals surface area contributed by atoms with Crippen molar-refractivity contribution in [2.24, 2.45) is 5.41 Å². The van der Waals surface area contributed by atoms with Gasteiger partial charge in [-0.25, -0.2) is 4.98 Å². The van der Waals surface area contributed by atoms with Crippen molar-refractivity contribution in [3.63, 3.8) is 0 Å². The summed E-state index contributed by atoms with van der Waals surface area (Å²) in [7, 11) is 0. The van der Waals surface area contributed by atoms with Crippen LogP contribution in [0.25, 0.3) is 21.7 Å². The fraction of sp³-hybridized carbons (Fsp3) is 0.379. The van der Waals surface area contributed by atoms with Gasteiger partial charge in [-0.05, 0) is 65.8 Å². The number of hydrogen-bond donors (Lipinski definition) is 7. The summed E-state index contributed by atoms with van der Waals surface area (Å²) in [4.78, 5) is 72.6. The second kappa shape index (κ2) is 27.5. The molecule has 76 heavy (non-hydrogen) atoms. The number of aliphatic hydroxyl groups is 1. The lowest BCUT2D eigenvalue weighted by molar-refractivity contribution is -0.144. The number of aryl methyl sites for hydroxylation is 1. The highest BCUT2D eigenvalue weighted by atomic mass is 32.1. The summed E-state index contributed by atoms with van der Waals surface area (Å²) < 4.78 is 17.0. The molecule has 2 aliphatic heterocycles. The molecule has 4 aromatic carbocycles. The van der Waals surface area contributed by atoms with Gasteiger partial charge in [0.15, 0.2) is 0 Å². The molecular weight excluding hydrogens is 985 g/mol.